The normalized spacial score (nSPS) is 17.3. The first-order valence-electron chi connectivity index (χ1n) is 9.73. The molecule has 0 atom stereocenters. The molecule has 8 heteroatoms. The molecule has 3 aromatic rings. The zero-order valence-electron chi connectivity index (χ0n) is 17.2. The first kappa shape index (κ1) is 19.3. The molecule has 0 aliphatic carbocycles. The number of hydrazone groups is 1. The van der Waals surface area contributed by atoms with E-state index in [0.717, 1.165) is 28.2 Å². The Balaban J connectivity index is 1.54. The summed E-state index contributed by atoms with van der Waals surface area (Å²) >= 11 is 1.22. The Bertz CT molecular complexity index is 1330. The van der Waals surface area contributed by atoms with Crippen molar-refractivity contribution in [2.45, 2.75) is 20.8 Å². The zero-order valence-corrected chi connectivity index (χ0v) is 18.0. The van der Waals surface area contributed by atoms with E-state index >= 15 is 0 Å². The number of aliphatic imine (C=N–C) groups is 1. The van der Waals surface area contributed by atoms with E-state index in [-0.39, 0.29) is 11.4 Å². The van der Waals surface area contributed by atoms with Crippen molar-refractivity contribution in [2.75, 3.05) is 0 Å². The molecule has 2 aliphatic heterocycles. The van der Waals surface area contributed by atoms with Crippen LogP contribution in [-0.4, -0.2) is 31.5 Å². The summed E-state index contributed by atoms with van der Waals surface area (Å²) in [5, 5.41) is 15.3. The average Bonchev–Trinajstić information content (AvgIpc) is 3.46. The third kappa shape index (κ3) is 3.16. The largest absolute Gasteiger partial charge is 0.462 e. The second-order valence-electron chi connectivity index (χ2n) is 7.35. The number of amidine groups is 2. The lowest BCUT2D eigenvalue weighted by molar-refractivity contribution is -0.114. The Morgan fingerprint density at radius 2 is 1.94 bits per heavy atom. The molecular weight excluding hydrogens is 410 g/mol. The molecule has 5 rings (SSSR count). The molecule has 1 N–H and O–H groups in total. The highest BCUT2D eigenvalue weighted by molar-refractivity contribution is 8.27. The third-order valence-corrected chi connectivity index (χ3v) is 6.24. The van der Waals surface area contributed by atoms with Crippen LogP contribution in [0.3, 0.4) is 0 Å². The van der Waals surface area contributed by atoms with Crippen LogP contribution in [-0.2, 0) is 4.79 Å². The second kappa shape index (κ2) is 7.24. The van der Waals surface area contributed by atoms with E-state index in [1.807, 2.05) is 32.0 Å². The minimum absolute atomic E-state index is 0.00440. The maximum absolute atomic E-state index is 12.8. The van der Waals surface area contributed by atoms with Gasteiger partial charge in [0.1, 0.15) is 0 Å². The Morgan fingerprint density at radius 3 is 2.68 bits per heavy atom. The molecule has 31 heavy (non-hydrogen) atoms. The fraction of sp³-hybridized carbons (Fsp3) is 0.130. The molecule has 1 amide bonds. The summed E-state index contributed by atoms with van der Waals surface area (Å²) in [5.41, 5.74) is 5.37. The van der Waals surface area contributed by atoms with Crippen molar-refractivity contribution >= 4 is 39.8 Å². The van der Waals surface area contributed by atoms with Gasteiger partial charge >= 0.3 is 0 Å². The van der Waals surface area contributed by atoms with E-state index in [2.05, 4.69) is 33.7 Å². The van der Waals surface area contributed by atoms with E-state index in [4.69, 9.17) is 9.83 Å². The van der Waals surface area contributed by atoms with Crippen LogP contribution in [0, 0.1) is 26.2 Å². The van der Waals surface area contributed by atoms with Gasteiger partial charge in [-0.2, -0.15) is 15.1 Å². The van der Waals surface area contributed by atoms with Gasteiger partial charge in [-0.3, -0.25) is 10.2 Å². The van der Waals surface area contributed by atoms with E-state index in [9.17, 15) is 4.79 Å². The molecule has 2 aromatic heterocycles. The number of nitrogens with one attached hydrogen (secondary N) is 1. The van der Waals surface area contributed by atoms with E-state index in [0.29, 0.717) is 16.0 Å². The summed E-state index contributed by atoms with van der Waals surface area (Å²) in [7, 11) is 0. The number of hydrogen-bond donors (Lipinski definition) is 1. The van der Waals surface area contributed by atoms with Gasteiger partial charge in [-0.05, 0) is 74.0 Å². The Kier molecular flexibility index (Phi) is 4.51. The number of rotatable bonds is 3. The number of fused-ring (bicyclic) bond motifs is 1. The van der Waals surface area contributed by atoms with Gasteiger partial charge in [-0.25, -0.2) is 0 Å². The first-order chi connectivity index (χ1) is 14.9. The lowest BCUT2D eigenvalue weighted by atomic mass is 10.1. The topological polar surface area (TPSA) is 86.9 Å². The molecule has 2 aliphatic rings. The van der Waals surface area contributed by atoms with Crippen LogP contribution < -0.4 is 0 Å². The number of amides is 1. The van der Waals surface area contributed by atoms with Crippen molar-refractivity contribution in [3.63, 3.8) is 0 Å². The molecule has 0 radical (unpaired) electrons. The molecular formula is C23H19N5O2S. The minimum Gasteiger partial charge on any atom is -0.462 e. The fourth-order valence-electron chi connectivity index (χ4n) is 3.77. The van der Waals surface area contributed by atoms with Gasteiger partial charge in [0, 0.05) is 17.1 Å². The summed E-state index contributed by atoms with van der Waals surface area (Å²) < 4.78 is 7.54. The molecule has 0 unspecified atom stereocenters. The van der Waals surface area contributed by atoms with E-state index in [1.54, 1.807) is 24.5 Å². The minimum atomic E-state index is -0.444. The van der Waals surface area contributed by atoms with Crippen molar-refractivity contribution in [1.82, 2.24) is 9.58 Å². The number of thioether (sulfide) groups is 1. The predicted molar refractivity (Wildman–Crippen MR) is 123 cm³/mol. The monoisotopic (exact) mass is 429 g/mol. The Labute approximate surface area is 183 Å². The van der Waals surface area contributed by atoms with Gasteiger partial charge < -0.3 is 8.98 Å². The predicted octanol–water partition coefficient (Wildman–Crippen LogP) is 4.66. The fourth-order valence-corrected chi connectivity index (χ4v) is 4.63. The lowest BCUT2D eigenvalue weighted by Crippen LogP contribution is -2.35. The van der Waals surface area contributed by atoms with Crippen molar-refractivity contribution in [3.05, 3.63) is 82.6 Å². The number of aromatic nitrogens is 1. The third-order valence-electron chi connectivity index (χ3n) is 5.31. The Hall–Kier alpha value is -3.65. The van der Waals surface area contributed by atoms with Crippen molar-refractivity contribution in [2.24, 2.45) is 10.1 Å². The molecule has 4 heterocycles. The Morgan fingerprint density at radius 1 is 1.13 bits per heavy atom. The van der Waals surface area contributed by atoms with E-state index in [1.165, 1.54) is 16.8 Å². The molecule has 0 saturated carbocycles. The summed E-state index contributed by atoms with van der Waals surface area (Å²) in [5.74, 6) is 0.139. The molecule has 154 valence electrons. The highest BCUT2D eigenvalue weighted by Gasteiger charge is 2.36. The maximum Gasteiger partial charge on any atom is 0.283 e. The number of carbonyl (C=O) groups is 1. The van der Waals surface area contributed by atoms with Gasteiger partial charge in [0.25, 0.3) is 5.91 Å². The molecule has 0 saturated heterocycles. The molecule has 0 spiro atoms. The SMILES string of the molecule is Cc1ccccc1-n1c(C)cc(/C=C2/C(=N)N3N=C(c4ccco4)SC3=NC2=O)c1C. The first-order valence-corrected chi connectivity index (χ1v) is 10.5. The van der Waals surface area contributed by atoms with Crippen LogP contribution in [0.1, 0.15) is 28.3 Å². The van der Waals surface area contributed by atoms with Crippen LogP contribution in [0.15, 0.2) is 68.8 Å². The highest BCUT2D eigenvalue weighted by atomic mass is 32.2. The zero-order chi connectivity index (χ0) is 21.7. The number of aryl methyl sites for hydroxylation is 2. The maximum atomic E-state index is 12.8. The molecule has 0 fully saturated rings. The standard InChI is InChI=1S/C23H19N5O2S/c1-13-7-4-5-8-18(13)27-14(2)11-16(15(27)3)12-17-20(24)28-23(25-21(17)29)31-22(26-28)19-9-6-10-30-19/h4-12,24H,1-3H3/b17-12-,24-20?. The summed E-state index contributed by atoms with van der Waals surface area (Å²) in [6, 6.07) is 13.7. The summed E-state index contributed by atoms with van der Waals surface area (Å²) in [6.07, 6.45) is 3.29. The van der Waals surface area contributed by atoms with Crippen molar-refractivity contribution in [3.8, 4) is 5.69 Å². The van der Waals surface area contributed by atoms with Crippen LogP contribution >= 0.6 is 11.8 Å². The number of furan rings is 1. The molecule has 1 aromatic carbocycles. The summed E-state index contributed by atoms with van der Waals surface area (Å²) in [4.78, 5) is 16.9. The quantitative estimate of drug-likeness (QED) is 0.613. The van der Waals surface area contributed by atoms with Gasteiger partial charge in [0.2, 0.25) is 5.17 Å². The number of carbonyl (C=O) groups excluding carboxylic acids is 1. The van der Waals surface area contributed by atoms with E-state index < -0.39 is 5.91 Å². The molecule has 7 nitrogen and oxygen atoms in total. The van der Waals surface area contributed by atoms with Gasteiger partial charge in [-0.15, -0.1) is 0 Å². The van der Waals surface area contributed by atoms with Crippen LogP contribution in [0.5, 0.6) is 0 Å². The number of nitrogens with zero attached hydrogens (tertiary/aromatic N) is 4. The van der Waals surface area contributed by atoms with Crippen LogP contribution in [0.25, 0.3) is 11.8 Å². The highest BCUT2D eigenvalue weighted by Crippen LogP contribution is 2.32. The summed E-state index contributed by atoms with van der Waals surface area (Å²) in [6.45, 7) is 6.11. The van der Waals surface area contributed by atoms with Crippen molar-refractivity contribution in [1.29, 1.82) is 5.41 Å². The van der Waals surface area contributed by atoms with Gasteiger partial charge in [-0.1, -0.05) is 18.2 Å². The number of hydrogen-bond acceptors (Lipinski definition) is 5. The second-order valence-corrected chi connectivity index (χ2v) is 8.31. The van der Waals surface area contributed by atoms with Crippen LogP contribution in [0.4, 0.5) is 0 Å². The van der Waals surface area contributed by atoms with Crippen LogP contribution in [0.2, 0.25) is 0 Å². The number of benzene rings is 1. The van der Waals surface area contributed by atoms with Gasteiger partial charge in [0.05, 0.1) is 11.8 Å². The van der Waals surface area contributed by atoms with Crippen molar-refractivity contribution < 1.29 is 9.21 Å². The van der Waals surface area contributed by atoms with Gasteiger partial charge in [0.15, 0.2) is 16.6 Å². The lowest BCUT2D eigenvalue weighted by Gasteiger charge is -2.20. The number of para-hydroxylation sites is 1. The smallest absolute Gasteiger partial charge is 0.283 e. The molecule has 0 bridgehead atoms. The average molecular weight is 430 g/mol.